The van der Waals surface area contributed by atoms with Gasteiger partial charge in [0.2, 0.25) is 0 Å². The molecule has 1 atom stereocenters. The zero-order valence-electron chi connectivity index (χ0n) is 15.9. The summed E-state index contributed by atoms with van der Waals surface area (Å²) in [5, 5.41) is 2.59. The van der Waals surface area contributed by atoms with Gasteiger partial charge in [0, 0.05) is 5.56 Å². The van der Waals surface area contributed by atoms with Crippen LogP contribution in [0, 0.1) is 17.6 Å². The number of anilines is 1. The summed E-state index contributed by atoms with van der Waals surface area (Å²) in [6, 6.07) is 9.94. The Hall–Kier alpha value is -2.43. The van der Waals surface area contributed by atoms with E-state index in [4.69, 9.17) is 4.74 Å². The van der Waals surface area contributed by atoms with Gasteiger partial charge in [-0.25, -0.2) is 13.6 Å². The standard InChI is InChI=1S/C22H27F2NO2/c1-3-5-6-8-16(4-2)15-27-22(26)25-21-14-19(24)11-12-20(21)17-9-7-10-18(23)13-17/h7,9-14,16H,3-6,8,15H2,1-2H3,(H,25,26). The molecule has 0 aliphatic heterocycles. The van der Waals surface area contributed by atoms with E-state index in [1.165, 1.54) is 36.8 Å². The summed E-state index contributed by atoms with van der Waals surface area (Å²) in [5.41, 5.74) is 1.34. The summed E-state index contributed by atoms with van der Waals surface area (Å²) in [6.45, 7) is 4.56. The first kappa shape index (κ1) is 20.9. The average Bonchev–Trinajstić information content (AvgIpc) is 2.64. The van der Waals surface area contributed by atoms with Crippen molar-refractivity contribution >= 4 is 11.8 Å². The number of ether oxygens (including phenoxy) is 1. The zero-order valence-corrected chi connectivity index (χ0v) is 15.9. The molecule has 0 spiro atoms. The van der Waals surface area contributed by atoms with Crippen LogP contribution in [-0.2, 0) is 4.74 Å². The average molecular weight is 375 g/mol. The highest BCUT2D eigenvalue weighted by atomic mass is 19.1. The molecule has 1 unspecified atom stereocenters. The fraction of sp³-hybridized carbons (Fsp3) is 0.409. The van der Waals surface area contributed by atoms with Crippen molar-refractivity contribution in [3.63, 3.8) is 0 Å². The molecule has 0 aliphatic carbocycles. The molecule has 0 bridgehead atoms. The van der Waals surface area contributed by atoms with Crippen LogP contribution in [0.1, 0.15) is 46.0 Å². The lowest BCUT2D eigenvalue weighted by Crippen LogP contribution is -2.19. The number of amides is 1. The Labute approximate surface area is 159 Å². The molecule has 2 rings (SSSR count). The SMILES string of the molecule is CCCCCC(CC)COC(=O)Nc1cc(F)ccc1-c1cccc(F)c1. The van der Waals surface area contributed by atoms with E-state index in [0.717, 1.165) is 25.7 Å². The molecule has 0 saturated carbocycles. The lowest BCUT2D eigenvalue weighted by Gasteiger charge is -2.16. The Bertz CT molecular complexity index is 749. The first-order valence-electron chi connectivity index (χ1n) is 9.52. The molecule has 2 aromatic carbocycles. The maximum atomic E-state index is 13.7. The van der Waals surface area contributed by atoms with E-state index < -0.39 is 17.7 Å². The highest BCUT2D eigenvalue weighted by Crippen LogP contribution is 2.29. The van der Waals surface area contributed by atoms with Gasteiger partial charge in [-0.05, 0) is 48.2 Å². The Morgan fingerprint density at radius 2 is 1.85 bits per heavy atom. The minimum atomic E-state index is -0.632. The van der Waals surface area contributed by atoms with E-state index in [-0.39, 0.29) is 5.69 Å². The van der Waals surface area contributed by atoms with Crippen molar-refractivity contribution in [2.45, 2.75) is 46.0 Å². The Morgan fingerprint density at radius 1 is 1.07 bits per heavy atom. The van der Waals surface area contributed by atoms with Crippen LogP contribution < -0.4 is 5.32 Å². The Kier molecular flexibility index (Phi) is 8.24. The fourth-order valence-corrected chi connectivity index (χ4v) is 2.96. The van der Waals surface area contributed by atoms with Gasteiger partial charge in [-0.2, -0.15) is 0 Å². The van der Waals surface area contributed by atoms with Gasteiger partial charge in [-0.1, -0.05) is 51.7 Å². The van der Waals surface area contributed by atoms with Gasteiger partial charge in [0.25, 0.3) is 0 Å². The van der Waals surface area contributed by atoms with Gasteiger partial charge in [-0.3, -0.25) is 5.32 Å². The molecule has 0 saturated heterocycles. The number of rotatable bonds is 9. The van der Waals surface area contributed by atoms with E-state index in [1.807, 2.05) is 0 Å². The third kappa shape index (κ3) is 6.66. The van der Waals surface area contributed by atoms with E-state index >= 15 is 0 Å². The molecular formula is C22H27F2NO2. The van der Waals surface area contributed by atoms with Crippen molar-refractivity contribution in [3.8, 4) is 11.1 Å². The van der Waals surface area contributed by atoms with Gasteiger partial charge < -0.3 is 4.74 Å². The maximum absolute atomic E-state index is 13.7. The van der Waals surface area contributed by atoms with Crippen molar-refractivity contribution in [2.75, 3.05) is 11.9 Å². The number of halogens is 2. The van der Waals surface area contributed by atoms with E-state index in [2.05, 4.69) is 19.2 Å². The van der Waals surface area contributed by atoms with Crippen LogP contribution in [0.15, 0.2) is 42.5 Å². The third-order valence-electron chi connectivity index (χ3n) is 4.60. The number of unbranched alkanes of at least 4 members (excludes halogenated alkanes) is 2. The first-order valence-corrected chi connectivity index (χ1v) is 9.52. The predicted octanol–water partition coefficient (Wildman–Crippen LogP) is 6.79. The summed E-state index contributed by atoms with van der Waals surface area (Å²) in [7, 11) is 0. The molecular weight excluding hydrogens is 348 g/mol. The normalized spacial score (nSPS) is 11.9. The van der Waals surface area contributed by atoms with Crippen LogP contribution in [0.2, 0.25) is 0 Å². The minimum absolute atomic E-state index is 0.254. The van der Waals surface area contributed by atoms with Crippen LogP contribution in [-0.4, -0.2) is 12.7 Å². The van der Waals surface area contributed by atoms with Gasteiger partial charge in [0.05, 0.1) is 12.3 Å². The number of hydrogen-bond acceptors (Lipinski definition) is 2. The lowest BCUT2D eigenvalue weighted by atomic mass is 10.00. The second-order valence-corrected chi connectivity index (χ2v) is 6.69. The molecule has 27 heavy (non-hydrogen) atoms. The molecule has 2 aromatic rings. The van der Waals surface area contributed by atoms with Crippen molar-refractivity contribution in [1.29, 1.82) is 0 Å². The topological polar surface area (TPSA) is 38.3 Å². The second kappa shape index (κ2) is 10.7. The molecule has 0 aliphatic rings. The molecule has 0 aromatic heterocycles. The second-order valence-electron chi connectivity index (χ2n) is 6.69. The predicted molar refractivity (Wildman–Crippen MR) is 105 cm³/mol. The molecule has 1 N–H and O–H groups in total. The van der Waals surface area contributed by atoms with Crippen LogP contribution >= 0.6 is 0 Å². The summed E-state index contributed by atoms with van der Waals surface area (Å²) >= 11 is 0. The summed E-state index contributed by atoms with van der Waals surface area (Å²) in [4.78, 5) is 12.2. The fourth-order valence-electron chi connectivity index (χ4n) is 2.96. The van der Waals surface area contributed by atoms with Crippen LogP contribution in [0.4, 0.5) is 19.3 Å². The molecule has 146 valence electrons. The third-order valence-corrected chi connectivity index (χ3v) is 4.60. The van der Waals surface area contributed by atoms with Gasteiger partial charge in [-0.15, -0.1) is 0 Å². The van der Waals surface area contributed by atoms with Crippen molar-refractivity contribution in [3.05, 3.63) is 54.1 Å². The largest absolute Gasteiger partial charge is 0.449 e. The number of nitrogens with one attached hydrogen (secondary N) is 1. The summed E-state index contributed by atoms with van der Waals surface area (Å²) in [6.07, 6.45) is 4.77. The number of carbonyl (C=O) groups is 1. The summed E-state index contributed by atoms with van der Waals surface area (Å²) < 4.78 is 32.5. The summed E-state index contributed by atoms with van der Waals surface area (Å²) in [5.74, 6) is -0.572. The monoisotopic (exact) mass is 375 g/mol. The molecule has 5 heteroatoms. The lowest BCUT2D eigenvalue weighted by molar-refractivity contribution is 0.136. The van der Waals surface area contributed by atoms with Crippen LogP contribution in [0.3, 0.4) is 0 Å². The van der Waals surface area contributed by atoms with Crippen molar-refractivity contribution in [1.82, 2.24) is 0 Å². The highest BCUT2D eigenvalue weighted by molar-refractivity contribution is 5.91. The van der Waals surface area contributed by atoms with E-state index in [9.17, 15) is 13.6 Å². The Morgan fingerprint density at radius 3 is 2.56 bits per heavy atom. The Balaban J connectivity index is 2.03. The molecule has 3 nitrogen and oxygen atoms in total. The van der Waals surface area contributed by atoms with Gasteiger partial charge in [0.1, 0.15) is 11.6 Å². The highest BCUT2D eigenvalue weighted by Gasteiger charge is 2.14. The zero-order chi connectivity index (χ0) is 19.6. The minimum Gasteiger partial charge on any atom is -0.449 e. The van der Waals surface area contributed by atoms with Gasteiger partial charge in [0.15, 0.2) is 0 Å². The van der Waals surface area contributed by atoms with Crippen LogP contribution in [0.25, 0.3) is 11.1 Å². The molecule has 0 fully saturated rings. The molecule has 0 radical (unpaired) electrons. The number of carbonyl (C=O) groups excluding carboxylic acids is 1. The maximum Gasteiger partial charge on any atom is 0.411 e. The van der Waals surface area contributed by atoms with Crippen LogP contribution in [0.5, 0.6) is 0 Å². The molecule has 0 heterocycles. The van der Waals surface area contributed by atoms with Crippen molar-refractivity contribution < 1.29 is 18.3 Å². The van der Waals surface area contributed by atoms with Crippen molar-refractivity contribution in [2.24, 2.45) is 5.92 Å². The van der Waals surface area contributed by atoms with E-state index in [0.29, 0.717) is 23.7 Å². The number of benzene rings is 2. The smallest absolute Gasteiger partial charge is 0.411 e. The quantitative estimate of drug-likeness (QED) is 0.490. The molecule has 1 amide bonds. The van der Waals surface area contributed by atoms with E-state index in [1.54, 1.807) is 12.1 Å². The van der Waals surface area contributed by atoms with Gasteiger partial charge >= 0.3 is 6.09 Å². The first-order chi connectivity index (χ1) is 13.0. The number of hydrogen-bond donors (Lipinski definition) is 1.